The van der Waals surface area contributed by atoms with Crippen LogP contribution in [0, 0.1) is 11.8 Å². The third-order valence-corrected chi connectivity index (χ3v) is 6.06. The predicted molar refractivity (Wildman–Crippen MR) is 106 cm³/mol. The molecule has 1 saturated carbocycles. The maximum Gasteiger partial charge on any atom is 0.183 e. The Bertz CT molecular complexity index is 740. The Balaban J connectivity index is 1.37. The highest BCUT2D eigenvalue weighted by atomic mass is 32.1. The van der Waals surface area contributed by atoms with Gasteiger partial charge < -0.3 is 4.90 Å². The van der Waals surface area contributed by atoms with Crippen LogP contribution in [0.4, 0.5) is 0 Å². The van der Waals surface area contributed by atoms with Gasteiger partial charge in [-0.3, -0.25) is 10.4 Å². The fourth-order valence-electron chi connectivity index (χ4n) is 4.12. The van der Waals surface area contributed by atoms with E-state index in [4.69, 9.17) is 12.2 Å². The molecular formula is C20H26N4S. The lowest BCUT2D eigenvalue weighted by Gasteiger charge is -2.27. The largest absolute Gasteiger partial charge is 0.348 e. The standard InChI is InChI=1S/C20H26N4S/c1-14(19-10-17-4-2-3-5-18(17)11-21-19)22-23-20(25)24-12-15-6-7-16(13-24)9-8-15/h2-5,10-11,14-16,22H,6-9,12-13H2,1H3,(H,23,25)/t14-,15?,16?/m0/s1. The lowest BCUT2D eigenvalue weighted by Crippen LogP contribution is -2.48. The Kier molecular flexibility index (Phi) is 4.86. The summed E-state index contributed by atoms with van der Waals surface area (Å²) in [7, 11) is 0. The van der Waals surface area contributed by atoms with Gasteiger partial charge in [-0.25, -0.2) is 5.43 Å². The second-order valence-corrected chi connectivity index (χ2v) is 7.93. The molecule has 0 spiro atoms. The number of fused-ring (bicyclic) bond motifs is 5. The summed E-state index contributed by atoms with van der Waals surface area (Å²) in [5, 5.41) is 3.21. The molecule has 5 rings (SSSR count). The number of aromatic nitrogens is 1. The average Bonchev–Trinajstić information content (AvgIpc) is 2.99. The molecule has 0 unspecified atom stereocenters. The summed E-state index contributed by atoms with van der Waals surface area (Å²) >= 11 is 5.65. The number of pyridine rings is 1. The summed E-state index contributed by atoms with van der Waals surface area (Å²) in [6.07, 6.45) is 7.42. The second kappa shape index (κ2) is 7.26. The highest BCUT2D eigenvalue weighted by molar-refractivity contribution is 7.80. The highest BCUT2D eigenvalue weighted by Gasteiger charge is 2.30. The van der Waals surface area contributed by atoms with Crippen LogP contribution < -0.4 is 10.9 Å². The van der Waals surface area contributed by atoms with Crippen molar-refractivity contribution in [2.45, 2.75) is 38.6 Å². The van der Waals surface area contributed by atoms with Gasteiger partial charge in [-0.2, -0.15) is 0 Å². The quantitative estimate of drug-likeness (QED) is 0.648. The molecule has 2 saturated heterocycles. The fraction of sp³-hybridized carbons (Fsp3) is 0.500. The van der Waals surface area contributed by atoms with E-state index in [-0.39, 0.29) is 6.04 Å². The summed E-state index contributed by atoms with van der Waals surface area (Å²) in [6, 6.07) is 10.5. The number of nitrogens with one attached hydrogen (secondary N) is 2. The molecule has 3 aliphatic rings. The normalized spacial score (nSPS) is 24.1. The van der Waals surface area contributed by atoms with Crippen LogP contribution in [-0.2, 0) is 0 Å². The van der Waals surface area contributed by atoms with Crippen LogP contribution in [0.3, 0.4) is 0 Å². The zero-order valence-electron chi connectivity index (χ0n) is 14.7. The molecule has 1 atom stereocenters. The van der Waals surface area contributed by atoms with E-state index in [9.17, 15) is 0 Å². The van der Waals surface area contributed by atoms with E-state index < -0.39 is 0 Å². The van der Waals surface area contributed by atoms with E-state index in [2.05, 4.69) is 51.9 Å². The lowest BCUT2D eigenvalue weighted by molar-refractivity contribution is 0.326. The number of rotatable bonds is 3. The van der Waals surface area contributed by atoms with E-state index in [0.717, 1.165) is 35.7 Å². The minimum Gasteiger partial charge on any atom is -0.348 e. The van der Waals surface area contributed by atoms with Crippen LogP contribution in [-0.4, -0.2) is 28.1 Å². The number of hydrazine groups is 1. The lowest BCUT2D eigenvalue weighted by atomic mass is 9.84. The summed E-state index contributed by atoms with van der Waals surface area (Å²) in [4.78, 5) is 6.95. The second-order valence-electron chi connectivity index (χ2n) is 7.54. The Morgan fingerprint density at radius 2 is 1.76 bits per heavy atom. The average molecular weight is 355 g/mol. The first-order valence-corrected chi connectivity index (χ1v) is 9.75. The minimum absolute atomic E-state index is 0.0891. The Morgan fingerprint density at radius 1 is 1.12 bits per heavy atom. The molecule has 1 aliphatic carbocycles. The molecule has 2 aliphatic heterocycles. The van der Waals surface area contributed by atoms with Crippen molar-refractivity contribution >= 4 is 28.1 Å². The molecule has 1 aromatic carbocycles. The fourth-order valence-corrected chi connectivity index (χ4v) is 4.33. The third-order valence-electron chi connectivity index (χ3n) is 5.70. The SMILES string of the molecule is C[C@H](NNC(=S)N1CC2CCC(CC2)C1)c1cc2ccccc2cn1. The zero-order chi connectivity index (χ0) is 17.2. The van der Waals surface area contributed by atoms with Gasteiger partial charge >= 0.3 is 0 Å². The highest BCUT2D eigenvalue weighted by Crippen LogP contribution is 2.33. The Morgan fingerprint density at radius 3 is 2.44 bits per heavy atom. The molecule has 2 aromatic rings. The summed E-state index contributed by atoms with van der Waals surface area (Å²) in [5.41, 5.74) is 7.62. The Hall–Kier alpha value is -1.72. The van der Waals surface area contributed by atoms with Gasteiger partial charge in [-0.05, 0) is 68.1 Å². The molecule has 2 N–H and O–H groups in total. The van der Waals surface area contributed by atoms with Crippen molar-refractivity contribution in [3.05, 3.63) is 42.2 Å². The van der Waals surface area contributed by atoms with Crippen LogP contribution in [0.15, 0.2) is 36.5 Å². The molecular weight excluding hydrogens is 328 g/mol. The number of nitrogens with zero attached hydrogens (tertiary/aromatic N) is 2. The first kappa shape index (κ1) is 16.7. The van der Waals surface area contributed by atoms with Crippen molar-refractivity contribution in [2.75, 3.05) is 13.1 Å². The van der Waals surface area contributed by atoms with Gasteiger partial charge in [0, 0.05) is 24.7 Å². The van der Waals surface area contributed by atoms with E-state index >= 15 is 0 Å². The Labute approximate surface area is 155 Å². The van der Waals surface area contributed by atoms with E-state index in [1.165, 1.54) is 36.5 Å². The zero-order valence-corrected chi connectivity index (χ0v) is 15.6. The summed E-state index contributed by atoms with van der Waals surface area (Å²) in [6.45, 7) is 4.32. The van der Waals surface area contributed by atoms with Gasteiger partial charge in [-0.1, -0.05) is 24.3 Å². The van der Waals surface area contributed by atoms with Crippen molar-refractivity contribution < 1.29 is 0 Å². The number of benzene rings is 1. The van der Waals surface area contributed by atoms with Crippen molar-refractivity contribution in [3.63, 3.8) is 0 Å². The summed E-state index contributed by atoms with van der Waals surface area (Å²) in [5.74, 6) is 1.64. The topological polar surface area (TPSA) is 40.2 Å². The van der Waals surface area contributed by atoms with Gasteiger partial charge in [0.15, 0.2) is 5.11 Å². The summed E-state index contributed by atoms with van der Waals surface area (Å²) < 4.78 is 0. The molecule has 1 aromatic heterocycles. The first-order chi connectivity index (χ1) is 12.2. The molecule has 0 radical (unpaired) electrons. The molecule has 5 heteroatoms. The van der Waals surface area contributed by atoms with Crippen LogP contribution in [0.1, 0.15) is 44.3 Å². The van der Waals surface area contributed by atoms with Gasteiger partial charge in [0.1, 0.15) is 0 Å². The van der Waals surface area contributed by atoms with E-state index in [1.54, 1.807) is 0 Å². The number of hydrogen-bond acceptors (Lipinski definition) is 3. The van der Waals surface area contributed by atoms with Gasteiger partial charge in [0.25, 0.3) is 0 Å². The van der Waals surface area contributed by atoms with Crippen molar-refractivity contribution in [1.82, 2.24) is 20.7 Å². The first-order valence-electron chi connectivity index (χ1n) is 9.34. The molecule has 3 fully saturated rings. The molecule has 25 heavy (non-hydrogen) atoms. The minimum atomic E-state index is 0.0891. The molecule has 132 valence electrons. The maximum absolute atomic E-state index is 5.65. The smallest absolute Gasteiger partial charge is 0.183 e. The number of hydrogen-bond donors (Lipinski definition) is 2. The van der Waals surface area contributed by atoms with Crippen molar-refractivity contribution in [2.24, 2.45) is 11.8 Å². The molecule has 2 bridgehead atoms. The van der Waals surface area contributed by atoms with Crippen LogP contribution in [0.25, 0.3) is 10.8 Å². The molecule has 3 heterocycles. The van der Waals surface area contributed by atoms with Gasteiger partial charge in [0.05, 0.1) is 11.7 Å². The molecule has 0 amide bonds. The van der Waals surface area contributed by atoms with Gasteiger partial charge in [0.2, 0.25) is 0 Å². The van der Waals surface area contributed by atoms with Crippen LogP contribution >= 0.6 is 12.2 Å². The van der Waals surface area contributed by atoms with E-state index in [1.807, 2.05) is 12.3 Å². The molecule has 4 nitrogen and oxygen atoms in total. The third kappa shape index (κ3) is 3.77. The van der Waals surface area contributed by atoms with Crippen LogP contribution in [0.2, 0.25) is 0 Å². The van der Waals surface area contributed by atoms with Crippen molar-refractivity contribution in [1.29, 1.82) is 0 Å². The van der Waals surface area contributed by atoms with E-state index in [0.29, 0.717) is 0 Å². The van der Waals surface area contributed by atoms with Gasteiger partial charge in [-0.15, -0.1) is 0 Å². The van der Waals surface area contributed by atoms with Crippen molar-refractivity contribution in [3.8, 4) is 0 Å². The predicted octanol–water partition coefficient (Wildman–Crippen LogP) is 3.80. The number of thiocarbonyl (C=S) groups is 1. The monoisotopic (exact) mass is 354 g/mol. The maximum atomic E-state index is 5.65. The van der Waals surface area contributed by atoms with Crippen LogP contribution in [0.5, 0.6) is 0 Å².